The van der Waals surface area contributed by atoms with E-state index >= 15 is 0 Å². The van der Waals surface area contributed by atoms with Crippen molar-refractivity contribution < 1.29 is 4.79 Å². The number of ketones is 1. The zero-order valence-corrected chi connectivity index (χ0v) is 13.1. The molecule has 0 amide bonds. The van der Waals surface area contributed by atoms with Gasteiger partial charge in [0.25, 0.3) is 0 Å². The van der Waals surface area contributed by atoms with Crippen molar-refractivity contribution >= 4 is 33.5 Å². The maximum atomic E-state index is 12.4. The van der Waals surface area contributed by atoms with Crippen LogP contribution in [-0.4, -0.2) is 11.0 Å². The third kappa shape index (κ3) is 2.78. The molecule has 0 bridgehead atoms. The molecule has 0 saturated carbocycles. The molecule has 1 heterocycles. The molecule has 0 aliphatic carbocycles. The summed E-state index contributed by atoms with van der Waals surface area (Å²) in [4.78, 5) is 13.2. The van der Waals surface area contributed by atoms with Crippen molar-refractivity contribution in [2.75, 3.05) is 0 Å². The fourth-order valence-electron chi connectivity index (χ4n) is 1.81. The first kappa shape index (κ1) is 13.6. The first-order valence-electron chi connectivity index (χ1n) is 5.85. The minimum Gasteiger partial charge on any atom is -0.288 e. The summed E-state index contributed by atoms with van der Waals surface area (Å²) in [5, 5.41) is 0.379. The van der Waals surface area contributed by atoms with Crippen molar-refractivity contribution in [3.63, 3.8) is 0 Å². The molecule has 3 heteroatoms. The average molecular weight is 323 g/mol. The number of rotatable bonds is 2. The van der Waals surface area contributed by atoms with Crippen LogP contribution in [0.15, 0.2) is 50.9 Å². The number of carbonyl (C=O) groups excluding carboxylic acids is 1. The summed E-state index contributed by atoms with van der Waals surface area (Å²) in [7, 11) is 0. The number of hydrogen-bond donors (Lipinski definition) is 0. The summed E-state index contributed by atoms with van der Waals surface area (Å²) in [5.74, 6) is 0.117. The van der Waals surface area contributed by atoms with E-state index in [0.29, 0.717) is 5.25 Å². The first-order chi connectivity index (χ1) is 8.49. The molecule has 1 aliphatic rings. The van der Waals surface area contributed by atoms with Crippen LogP contribution in [-0.2, 0) is 0 Å². The van der Waals surface area contributed by atoms with Crippen molar-refractivity contribution in [1.82, 2.24) is 0 Å². The Labute approximate surface area is 120 Å². The van der Waals surface area contributed by atoms with Crippen LogP contribution in [0.2, 0.25) is 0 Å². The van der Waals surface area contributed by atoms with E-state index in [1.54, 1.807) is 11.8 Å². The van der Waals surface area contributed by atoms with Crippen LogP contribution in [0, 0.1) is 0 Å². The van der Waals surface area contributed by atoms with E-state index < -0.39 is 0 Å². The maximum Gasteiger partial charge on any atom is 0.199 e. The van der Waals surface area contributed by atoms with Gasteiger partial charge in [0.05, 0.1) is 4.91 Å². The van der Waals surface area contributed by atoms with Gasteiger partial charge in [-0.2, -0.15) is 0 Å². The van der Waals surface area contributed by atoms with Crippen LogP contribution in [0.25, 0.3) is 0 Å². The number of thioether (sulfide) groups is 1. The van der Waals surface area contributed by atoms with Gasteiger partial charge in [-0.3, -0.25) is 4.79 Å². The first-order valence-corrected chi connectivity index (χ1v) is 7.52. The fourth-order valence-corrected chi connectivity index (χ4v) is 3.28. The number of carbonyl (C=O) groups is 1. The Kier molecular flexibility index (Phi) is 4.13. The van der Waals surface area contributed by atoms with E-state index in [1.165, 1.54) is 11.1 Å². The Hall–Kier alpha value is -0.800. The molecule has 2 rings (SSSR count). The highest BCUT2D eigenvalue weighted by atomic mass is 79.9. The second kappa shape index (κ2) is 5.45. The standard InChI is InChI=1S/C15H15BrOS/c1-9-8-14(18-11(3)10(9)2)15(17)12-4-6-13(16)7-5-12/h4-8,11H,1-3H3. The average Bonchev–Trinajstić information content (AvgIpc) is 2.35. The predicted molar refractivity (Wildman–Crippen MR) is 82.0 cm³/mol. The third-order valence-corrected chi connectivity index (χ3v) is 5.01. The van der Waals surface area contributed by atoms with Gasteiger partial charge in [0, 0.05) is 15.3 Å². The zero-order chi connectivity index (χ0) is 13.3. The second-order valence-electron chi connectivity index (χ2n) is 4.47. The van der Waals surface area contributed by atoms with Gasteiger partial charge in [0.1, 0.15) is 0 Å². The summed E-state index contributed by atoms with van der Waals surface area (Å²) < 4.78 is 0.990. The second-order valence-corrected chi connectivity index (χ2v) is 6.77. The fraction of sp³-hybridized carbons (Fsp3) is 0.267. The molecule has 0 saturated heterocycles. The van der Waals surface area contributed by atoms with Gasteiger partial charge in [0.2, 0.25) is 0 Å². The topological polar surface area (TPSA) is 17.1 Å². The van der Waals surface area contributed by atoms with E-state index in [2.05, 4.69) is 36.7 Å². The maximum absolute atomic E-state index is 12.4. The van der Waals surface area contributed by atoms with Crippen LogP contribution >= 0.6 is 27.7 Å². The van der Waals surface area contributed by atoms with Gasteiger partial charge in [-0.25, -0.2) is 0 Å². The molecule has 1 nitrogen and oxygen atoms in total. The van der Waals surface area contributed by atoms with Crippen LogP contribution in [0.5, 0.6) is 0 Å². The Balaban J connectivity index is 2.31. The van der Waals surface area contributed by atoms with Gasteiger partial charge >= 0.3 is 0 Å². The smallest absolute Gasteiger partial charge is 0.199 e. The lowest BCUT2D eigenvalue weighted by molar-refractivity contribution is 0.104. The van der Waals surface area contributed by atoms with Gasteiger partial charge in [0.15, 0.2) is 5.78 Å². The monoisotopic (exact) mass is 322 g/mol. The highest BCUT2D eigenvalue weighted by Crippen LogP contribution is 2.36. The summed E-state index contributed by atoms with van der Waals surface area (Å²) >= 11 is 5.03. The molecule has 0 fully saturated rings. The van der Waals surface area contributed by atoms with Crippen molar-refractivity contribution in [2.24, 2.45) is 0 Å². The molecular formula is C15H15BrOS. The van der Waals surface area contributed by atoms with E-state index in [0.717, 1.165) is 14.9 Å². The predicted octanol–water partition coefficient (Wildman–Crippen LogP) is 4.99. The van der Waals surface area contributed by atoms with E-state index in [4.69, 9.17) is 0 Å². The van der Waals surface area contributed by atoms with Gasteiger partial charge in [-0.1, -0.05) is 21.5 Å². The summed E-state index contributed by atoms with van der Waals surface area (Å²) in [5.41, 5.74) is 3.31. The van der Waals surface area contributed by atoms with Gasteiger partial charge in [-0.05, 0) is 56.7 Å². The van der Waals surface area contributed by atoms with Crippen molar-refractivity contribution in [3.05, 3.63) is 56.4 Å². The number of Topliss-reactive ketones (excluding diaryl/α,β-unsaturated/α-hetero) is 1. The number of allylic oxidation sites excluding steroid dienone is 3. The number of benzene rings is 1. The SMILES string of the molecule is CC1=C(C)C(C)SC(C(=O)c2ccc(Br)cc2)=C1. The molecule has 1 aromatic rings. The largest absolute Gasteiger partial charge is 0.288 e. The molecule has 0 spiro atoms. The highest BCUT2D eigenvalue weighted by molar-refractivity contribution is 9.10. The summed E-state index contributed by atoms with van der Waals surface area (Å²) in [6, 6.07) is 7.52. The van der Waals surface area contributed by atoms with Crippen LogP contribution in [0.1, 0.15) is 31.1 Å². The molecule has 1 atom stereocenters. The molecule has 0 radical (unpaired) electrons. The van der Waals surface area contributed by atoms with Crippen LogP contribution < -0.4 is 0 Å². The molecule has 94 valence electrons. The lowest BCUT2D eigenvalue weighted by Crippen LogP contribution is -2.11. The quantitative estimate of drug-likeness (QED) is 0.714. The lowest BCUT2D eigenvalue weighted by atomic mass is 10.0. The Bertz CT molecular complexity index is 540. The Morgan fingerprint density at radius 3 is 2.39 bits per heavy atom. The lowest BCUT2D eigenvalue weighted by Gasteiger charge is -2.21. The molecular weight excluding hydrogens is 308 g/mol. The Morgan fingerprint density at radius 2 is 1.83 bits per heavy atom. The molecule has 1 unspecified atom stereocenters. The normalized spacial score (nSPS) is 19.8. The van der Waals surface area contributed by atoms with E-state index in [9.17, 15) is 4.79 Å². The molecule has 1 aromatic carbocycles. The van der Waals surface area contributed by atoms with Crippen molar-refractivity contribution in [3.8, 4) is 0 Å². The summed E-state index contributed by atoms with van der Waals surface area (Å²) in [6.45, 7) is 6.34. The van der Waals surface area contributed by atoms with E-state index in [1.807, 2.05) is 30.3 Å². The minimum atomic E-state index is 0.117. The van der Waals surface area contributed by atoms with Crippen molar-refractivity contribution in [2.45, 2.75) is 26.0 Å². The van der Waals surface area contributed by atoms with E-state index in [-0.39, 0.29) is 5.78 Å². The molecule has 1 aliphatic heterocycles. The number of halogens is 1. The molecule has 18 heavy (non-hydrogen) atoms. The highest BCUT2D eigenvalue weighted by Gasteiger charge is 2.21. The van der Waals surface area contributed by atoms with Gasteiger partial charge < -0.3 is 0 Å². The minimum absolute atomic E-state index is 0.117. The summed E-state index contributed by atoms with van der Waals surface area (Å²) in [6.07, 6.45) is 2.00. The third-order valence-electron chi connectivity index (χ3n) is 3.21. The Morgan fingerprint density at radius 1 is 1.22 bits per heavy atom. The zero-order valence-electron chi connectivity index (χ0n) is 10.7. The molecule has 0 N–H and O–H groups in total. The van der Waals surface area contributed by atoms with Gasteiger partial charge in [-0.15, -0.1) is 11.8 Å². The van der Waals surface area contributed by atoms with Crippen molar-refractivity contribution in [1.29, 1.82) is 0 Å². The van der Waals surface area contributed by atoms with Crippen LogP contribution in [0.4, 0.5) is 0 Å². The molecule has 0 aromatic heterocycles. The van der Waals surface area contributed by atoms with Crippen LogP contribution in [0.3, 0.4) is 0 Å². The number of hydrogen-bond acceptors (Lipinski definition) is 2.